The molecular weight excluding hydrogens is 557 g/mol. The van der Waals surface area contributed by atoms with E-state index in [0.717, 1.165) is 16.4 Å². The number of hydrogen-bond donors (Lipinski definition) is 3. The van der Waals surface area contributed by atoms with Gasteiger partial charge in [0.1, 0.15) is 5.75 Å². The van der Waals surface area contributed by atoms with Crippen molar-refractivity contribution in [3.8, 4) is 5.75 Å². The lowest BCUT2D eigenvalue weighted by molar-refractivity contribution is 0.0934. The summed E-state index contributed by atoms with van der Waals surface area (Å²) in [5, 5.41) is 2.51. The fourth-order valence-corrected chi connectivity index (χ4v) is 3.39. The first kappa shape index (κ1) is 22.6. The van der Waals surface area contributed by atoms with Crippen molar-refractivity contribution in [3.63, 3.8) is 0 Å². The average Bonchev–Trinajstić information content (AvgIpc) is 2.67. The van der Waals surface area contributed by atoms with Crippen LogP contribution in [0, 0.1) is 3.57 Å². The maximum Gasteiger partial charge on any atom is 0.270 e. The molecule has 0 aliphatic rings. The van der Waals surface area contributed by atoms with Gasteiger partial charge in [0.05, 0.1) is 16.6 Å². The van der Waals surface area contributed by atoms with Gasteiger partial charge in [-0.05, 0) is 87.5 Å². The van der Waals surface area contributed by atoms with Gasteiger partial charge in [0.25, 0.3) is 11.8 Å². The molecule has 28 heavy (non-hydrogen) atoms. The number of hydrazine groups is 1. The lowest BCUT2D eigenvalue weighted by atomic mass is 10.2. The molecule has 6 nitrogen and oxygen atoms in total. The number of carbonyl (C=O) groups is 2. The molecular formula is C19H19BrIN3O3S. The Morgan fingerprint density at radius 3 is 2.57 bits per heavy atom. The average molecular weight is 576 g/mol. The number of benzene rings is 2. The Morgan fingerprint density at radius 1 is 1.14 bits per heavy atom. The van der Waals surface area contributed by atoms with Crippen LogP contribution in [0.3, 0.4) is 0 Å². The number of thiocarbonyl (C=S) groups is 1. The summed E-state index contributed by atoms with van der Waals surface area (Å²) < 4.78 is 7.13. The van der Waals surface area contributed by atoms with E-state index < -0.39 is 5.91 Å². The number of carbonyl (C=O) groups excluding carboxylic acids is 2. The van der Waals surface area contributed by atoms with Gasteiger partial charge in [0.15, 0.2) is 5.11 Å². The quantitative estimate of drug-likeness (QED) is 0.208. The Labute approximate surface area is 191 Å². The first-order valence-electron chi connectivity index (χ1n) is 8.51. The first-order valence-corrected chi connectivity index (χ1v) is 10.8. The zero-order valence-corrected chi connectivity index (χ0v) is 19.6. The Bertz CT molecular complexity index is 879. The summed E-state index contributed by atoms with van der Waals surface area (Å²) in [7, 11) is 0. The minimum absolute atomic E-state index is 0.0105. The topological polar surface area (TPSA) is 79.5 Å². The van der Waals surface area contributed by atoms with Crippen molar-refractivity contribution in [2.75, 3.05) is 6.61 Å². The van der Waals surface area contributed by atoms with Gasteiger partial charge in [0, 0.05) is 9.13 Å². The molecule has 0 radical (unpaired) electrons. The van der Waals surface area contributed by atoms with E-state index in [2.05, 4.69) is 61.6 Å². The number of rotatable bonds is 6. The van der Waals surface area contributed by atoms with E-state index in [4.69, 9.17) is 17.0 Å². The molecule has 0 bridgehead atoms. The van der Waals surface area contributed by atoms with Gasteiger partial charge in [-0.15, -0.1) is 0 Å². The monoisotopic (exact) mass is 575 g/mol. The molecule has 0 heterocycles. The third kappa shape index (κ3) is 6.71. The lowest BCUT2D eigenvalue weighted by Crippen LogP contribution is -2.48. The predicted molar refractivity (Wildman–Crippen MR) is 124 cm³/mol. The Morgan fingerprint density at radius 2 is 1.89 bits per heavy atom. The van der Waals surface area contributed by atoms with Crippen LogP contribution in [0.1, 0.15) is 40.5 Å². The summed E-state index contributed by atoms with van der Waals surface area (Å²) in [5.41, 5.74) is 5.91. The highest BCUT2D eigenvalue weighted by Gasteiger charge is 2.13. The summed E-state index contributed by atoms with van der Waals surface area (Å²) in [6.45, 7) is 2.71. The number of nitrogens with one attached hydrogen (secondary N) is 3. The van der Waals surface area contributed by atoms with Gasteiger partial charge in [-0.1, -0.05) is 25.5 Å². The third-order valence-corrected chi connectivity index (χ3v) is 5.35. The summed E-state index contributed by atoms with van der Waals surface area (Å²) in [6.07, 6.45) is 2.00. The highest BCUT2D eigenvalue weighted by Crippen LogP contribution is 2.26. The molecule has 0 spiro atoms. The largest absolute Gasteiger partial charge is 0.492 e. The van der Waals surface area contributed by atoms with Crippen molar-refractivity contribution in [2.24, 2.45) is 0 Å². The minimum atomic E-state index is -0.401. The SMILES string of the molecule is CCCCOc1ccc(C(=O)NC(=S)NNC(=O)c2ccccc2I)cc1Br. The fourth-order valence-electron chi connectivity index (χ4n) is 2.12. The van der Waals surface area contributed by atoms with Crippen LogP contribution in [0.25, 0.3) is 0 Å². The molecule has 3 N–H and O–H groups in total. The molecule has 0 atom stereocenters. The molecule has 2 aromatic carbocycles. The molecule has 2 amide bonds. The van der Waals surface area contributed by atoms with E-state index in [1.165, 1.54) is 0 Å². The summed E-state index contributed by atoms with van der Waals surface area (Å²) >= 11 is 10.5. The van der Waals surface area contributed by atoms with Gasteiger partial charge in [-0.2, -0.15) is 0 Å². The van der Waals surface area contributed by atoms with Gasteiger partial charge in [0.2, 0.25) is 0 Å². The number of ether oxygens (including phenoxy) is 1. The van der Waals surface area contributed by atoms with Crippen LogP contribution in [-0.4, -0.2) is 23.5 Å². The Hall–Kier alpha value is -1.72. The zero-order valence-electron chi connectivity index (χ0n) is 15.1. The molecule has 9 heteroatoms. The van der Waals surface area contributed by atoms with Crippen LogP contribution in [0.4, 0.5) is 0 Å². The molecule has 0 fully saturated rings. The maximum absolute atomic E-state index is 12.3. The van der Waals surface area contributed by atoms with Crippen LogP contribution < -0.4 is 20.9 Å². The second-order valence-electron chi connectivity index (χ2n) is 5.69. The van der Waals surface area contributed by atoms with Crippen LogP contribution in [0.2, 0.25) is 0 Å². The first-order chi connectivity index (χ1) is 13.4. The standard InChI is InChI=1S/C19H19BrIN3O3S/c1-2-3-10-27-16-9-8-12(11-14(16)20)17(25)22-19(28)24-23-18(26)13-6-4-5-7-15(13)21/h4-9,11H,2-3,10H2,1H3,(H,23,26)(H2,22,24,25,28). The molecule has 0 aromatic heterocycles. The van der Waals surface area contributed by atoms with Crippen molar-refractivity contribution in [2.45, 2.75) is 19.8 Å². The molecule has 0 aliphatic carbocycles. The fraction of sp³-hybridized carbons (Fsp3) is 0.211. The molecule has 2 rings (SSSR count). The Balaban J connectivity index is 1.88. The van der Waals surface area contributed by atoms with E-state index >= 15 is 0 Å². The molecule has 0 aliphatic heterocycles. The number of unbranched alkanes of at least 4 members (excludes halogenated alkanes) is 1. The lowest BCUT2D eigenvalue weighted by Gasteiger charge is -2.12. The van der Waals surface area contributed by atoms with Crippen LogP contribution in [-0.2, 0) is 0 Å². The van der Waals surface area contributed by atoms with Gasteiger partial charge in [-0.3, -0.25) is 25.8 Å². The second-order valence-corrected chi connectivity index (χ2v) is 8.11. The zero-order chi connectivity index (χ0) is 20.5. The highest BCUT2D eigenvalue weighted by molar-refractivity contribution is 14.1. The number of amides is 2. The van der Waals surface area contributed by atoms with Crippen molar-refractivity contribution in [1.82, 2.24) is 16.2 Å². The van der Waals surface area contributed by atoms with Crippen molar-refractivity contribution >= 4 is 67.7 Å². The summed E-state index contributed by atoms with van der Waals surface area (Å²) in [5.74, 6) is -0.0739. The molecule has 2 aromatic rings. The van der Waals surface area contributed by atoms with Crippen LogP contribution >= 0.6 is 50.7 Å². The van der Waals surface area contributed by atoms with Crippen LogP contribution in [0.15, 0.2) is 46.9 Å². The smallest absolute Gasteiger partial charge is 0.270 e. The van der Waals surface area contributed by atoms with Crippen molar-refractivity contribution in [3.05, 3.63) is 61.6 Å². The predicted octanol–water partition coefficient (Wildman–Crippen LogP) is 4.18. The Kier molecular flexibility index (Phi) is 9.13. The van der Waals surface area contributed by atoms with E-state index in [-0.39, 0.29) is 11.0 Å². The minimum Gasteiger partial charge on any atom is -0.492 e. The molecule has 148 valence electrons. The summed E-state index contributed by atoms with van der Waals surface area (Å²) in [6, 6.07) is 12.2. The van der Waals surface area contributed by atoms with Gasteiger partial charge < -0.3 is 4.74 Å². The summed E-state index contributed by atoms with van der Waals surface area (Å²) in [4.78, 5) is 24.5. The number of hydrogen-bond acceptors (Lipinski definition) is 4. The molecule has 0 saturated heterocycles. The van der Waals surface area contributed by atoms with Crippen LogP contribution in [0.5, 0.6) is 5.75 Å². The molecule has 0 saturated carbocycles. The van der Waals surface area contributed by atoms with E-state index in [1.54, 1.807) is 30.3 Å². The van der Waals surface area contributed by atoms with Gasteiger partial charge in [-0.25, -0.2) is 0 Å². The highest BCUT2D eigenvalue weighted by atomic mass is 127. The maximum atomic E-state index is 12.3. The van der Waals surface area contributed by atoms with E-state index in [1.807, 2.05) is 12.1 Å². The normalized spacial score (nSPS) is 10.1. The second kappa shape index (κ2) is 11.3. The third-order valence-electron chi connectivity index (χ3n) is 3.58. The molecule has 0 unspecified atom stereocenters. The van der Waals surface area contributed by atoms with E-state index in [0.29, 0.717) is 28.0 Å². The van der Waals surface area contributed by atoms with E-state index in [9.17, 15) is 9.59 Å². The van der Waals surface area contributed by atoms with Crippen molar-refractivity contribution < 1.29 is 14.3 Å². The van der Waals surface area contributed by atoms with Gasteiger partial charge >= 0.3 is 0 Å². The number of halogens is 2. The van der Waals surface area contributed by atoms with Crippen molar-refractivity contribution in [1.29, 1.82) is 0 Å².